The molecule has 0 spiro atoms. The zero-order valence-electron chi connectivity index (χ0n) is 9.66. The predicted molar refractivity (Wildman–Crippen MR) is 74.4 cm³/mol. The fraction of sp³-hybridized carbons (Fsp3) is 0.0769. The Bertz CT molecular complexity index is 207. The first-order chi connectivity index (χ1) is 8.19. The van der Waals surface area contributed by atoms with Crippen LogP contribution in [0.15, 0.2) is 12.3 Å². The van der Waals surface area contributed by atoms with E-state index < -0.39 is 28.9 Å². The SMILES string of the molecule is C=C[Si](C)([C]1[CH][CH][CH][CH]1)[C]1[CH][CH][CH][CH]1.[Cl][Zr+2][Cl]. The summed E-state index contributed by atoms with van der Waals surface area (Å²) in [5.41, 5.74) is 5.04. The molecule has 0 unspecified atom stereocenters. The van der Waals surface area contributed by atoms with Gasteiger partial charge in [0.05, 0.1) is 8.07 Å². The molecule has 2 aliphatic rings. The van der Waals surface area contributed by atoms with E-state index in [-0.39, 0.29) is 0 Å². The number of halogens is 2. The first kappa shape index (κ1) is 16.5. The van der Waals surface area contributed by atoms with Gasteiger partial charge < -0.3 is 0 Å². The Balaban J connectivity index is 0.000000437. The Morgan fingerprint density at radius 2 is 1.29 bits per heavy atom. The van der Waals surface area contributed by atoms with Gasteiger partial charge in [0.15, 0.2) is 0 Å². The minimum atomic E-state index is -1.61. The van der Waals surface area contributed by atoms with E-state index in [9.17, 15) is 0 Å². The van der Waals surface area contributed by atoms with Crippen LogP contribution in [0.5, 0.6) is 0 Å². The minimum absolute atomic E-state index is 0.826. The van der Waals surface area contributed by atoms with E-state index in [0.29, 0.717) is 0 Å². The van der Waals surface area contributed by atoms with Crippen molar-refractivity contribution < 1.29 is 20.8 Å². The van der Waals surface area contributed by atoms with Gasteiger partial charge in [0.1, 0.15) is 0 Å². The second-order valence-electron chi connectivity index (χ2n) is 3.83. The second-order valence-corrected chi connectivity index (χ2v) is 11.5. The van der Waals surface area contributed by atoms with Crippen molar-refractivity contribution in [1.82, 2.24) is 0 Å². The Labute approximate surface area is 126 Å². The average molecular weight is 360 g/mol. The zero-order valence-corrected chi connectivity index (χ0v) is 14.6. The second kappa shape index (κ2) is 8.56. The van der Waals surface area contributed by atoms with E-state index in [0.717, 1.165) is 0 Å². The molecule has 17 heavy (non-hydrogen) atoms. The van der Waals surface area contributed by atoms with Crippen LogP contribution >= 0.6 is 17.0 Å². The summed E-state index contributed by atoms with van der Waals surface area (Å²) in [6.45, 7) is 6.34. The fourth-order valence-electron chi connectivity index (χ4n) is 1.84. The predicted octanol–water partition coefficient (Wildman–Crippen LogP) is 4.06. The molecular formula is C13H14Cl2SiZr+2. The van der Waals surface area contributed by atoms with Crippen molar-refractivity contribution in [3.05, 3.63) is 74.7 Å². The van der Waals surface area contributed by atoms with E-state index in [4.69, 9.17) is 17.0 Å². The fourth-order valence-corrected chi connectivity index (χ4v) is 4.42. The molecule has 0 heterocycles. The summed E-state index contributed by atoms with van der Waals surface area (Å²) in [5.74, 6) is 0. The molecule has 0 aliphatic heterocycles. The van der Waals surface area contributed by atoms with Crippen molar-refractivity contribution in [1.29, 1.82) is 0 Å². The molecule has 86 valence electrons. The Morgan fingerprint density at radius 3 is 1.53 bits per heavy atom. The molecule has 0 N–H and O–H groups in total. The summed E-state index contributed by atoms with van der Waals surface area (Å²) in [6.07, 6.45) is 17.3. The van der Waals surface area contributed by atoms with E-state index >= 15 is 0 Å². The Hall–Kier alpha value is 1.42. The number of rotatable bonds is 3. The van der Waals surface area contributed by atoms with Crippen molar-refractivity contribution >= 4 is 25.1 Å². The normalized spacial score (nSPS) is 21.8. The molecule has 0 nitrogen and oxygen atoms in total. The third kappa shape index (κ3) is 4.48. The van der Waals surface area contributed by atoms with Gasteiger partial charge in [-0.15, -0.1) is 12.3 Å². The molecule has 0 atom stereocenters. The zero-order chi connectivity index (χ0) is 12.7. The first-order valence-corrected chi connectivity index (χ1v) is 14.1. The van der Waals surface area contributed by atoms with Gasteiger partial charge in [0, 0.05) is 0 Å². The van der Waals surface area contributed by atoms with E-state index in [1.165, 1.54) is 11.1 Å². The summed E-state index contributed by atoms with van der Waals surface area (Å²) in [7, 11) is 8.26. The van der Waals surface area contributed by atoms with Gasteiger partial charge in [-0.25, -0.2) is 0 Å². The van der Waals surface area contributed by atoms with Crippen LogP contribution in [0.4, 0.5) is 0 Å². The maximum atomic E-state index is 4.93. The van der Waals surface area contributed by atoms with Gasteiger partial charge in [-0.1, -0.05) is 6.55 Å². The maximum absolute atomic E-state index is 4.93. The van der Waals surface area contributed by atoms with E-state index in [1.807, 2.05) is 0 Å². The molecule has 0 saturated heterocycles. The average Bonchev–Trinajstić information content (AvgIpc) is 3.02. The Kier molecular flexibility index (Phi) is 8.30. The molecule has 2 aliphatic carbocycles. The first-order valence-electron chi connectivity index (χ1n) is 5.23. The summed E-state index contributed by atoms with van der Waals surface area (Å²) in [5, 5.41) is 0. The van der Waals surface area contributed by atoms with Crippen molar-refractivity contribution in [3.63, 3.8) is 0 Å². The molecule has 2 saturated carbocycles. The topological polar surface area (TPSA) is 0 Å². The quantitative estimate of drug-likeness (QED) is 0.666. The summed E-state index contributed by atoms with van der Waals surface area (Å²) in [6, 6.07) is 0. The molecule has 0 aromatic carbocycles. The van der Waals surface area contributed by atoms with Gasteiger partial charge in [-0.2, -0.15) is 0 Å². The molecule has 0 amide bonds. The standard InChI is InChI=1S/C13H14Si.2ClH.Zr/c1-3-14(2,12-8-4-5-9-12)13-10-6-7-11-13;;;/h3-11H,1H2,2H3;2*1H;/q;;;+4/p-2. The molecule has 2 rings (SSSR count). The molecule has 0 aromatic heterocycles. The van der Waals surface area contributed by atoms with Crippen LogP contribution in [0.1, 0.15) is 0 Å². The van der Waals surface area contributed by atoms with Crippen LogP contribution in [0.3, 0.4) is 0 Å². The van der Waals surface area contributed by atoms with Crippen molar-refractivity contribution in [2.75, 3.05) is 0 Å². The number of hydrogen-bond donors (Lipinski definition) is 0. The third-order valence-corrected chi connectivity index (χ3v) is 6.81. The van der Waals surface area contributed by atoms with Gasteiger partial charge in [-0.3, -0.25) is 0 Å². The van der Waals surface area contributed by atoms with Gasteiger partial charge in [-0.05, 0) is 62.4 Å². The van der Waals surface area contributed by atoms with Crippen LogP contribution in [0, 0.1) is 62.4 Å². The van der Waals surface area contributed by atoms with Crippen LogP contribution in [0.2, 0.25) is 6.55 Å². The van der Waals surface area contributed by atoms with Gasteiger partial charge >= 0.3 is 37.9 Å². The summed E-state index contributed by atoms with van der Waals surface area (Å²) < 4.78 is 0. The Morgan fingerprint density at radius 1 is 1.00 bits per heavy atom. The molecular weight excluding hydrogens is 346 g/mol. The number of hydrogen-bond acceptors (Lipinski definition) is 0. The van der Waals surface area contributed by atoms with Crippen LogP contribution in [-0.4, -0.2) is 8.07 Å². The molecule has 4 heteroatoms. The molecule has 0 aromatic rings. The van der Waals surface area contributed by atoms with E-state index in [2.05, 4.69) is 70.2 Å². The summed E-state index contributed by atoms with van der Waals surface area (Å²) in [4.78, 5) is 0. The monoisotopic (exact) mass is 358 g/mol. The molecule has 0 bridgehead atoms. The van der Waals surface area contributed by atoms with Crippen LogP contribution < -0.4 is 0 Å². The van der Waals surface area contributed by atoms with Gasteiger partial charge in [0.2, 0.25) is 0 Å². The van der Waals surface area contributed by atoms with Crippen molar-refractivity contribution in [2.24, 2.45) is 0 Å². The van der Waals surface area contributed by atoms with E-state index in [1.54, 1.807) is 0 Å². The van der Waals surface area contributed by atoms with Crippen LogP contribution in [0.25, 0.3) is 0 Å². The molecule has 2 fully saturated rings. The molecule has 10 radical (unpaired) electrons. The van der Waals surface area contributed by atoms with Crippen molar-refractivity contribution in [2.45, 2.75) is 6.55 Å². The van der Waals surface area contributed by atoms with Crippen LogP contribution in [-0.2, 0) is 20.8 Å². The van der Waals surface area contributed by atoms with Crippen molar-refractivity contribution in [3.8, 4) is 0 Å². The third-order valence-electron chi connectivity index (χ3n) is 2.93. The summed E-state index contributed by atoms with van der Waals surface area (Å²) >= 11 is -0.826. The van der Waals surface area contributed by atoms with Gasteiger partial charge in [0.25, 0.3) is 0 Å².